The molecule has 0 bridgehead atoms. The number of ether oxygens (including phenoxy) is 2. The molecule has 5 nitrogen and oxygen atoms in total. The number of hydrogen-bond acceptors (Lipinski definition) is 5. The van der Waals surface area contributed by atoms with Crippen LogP contribution in [0.2, 0.25) is 5.15 Å². The van der Waals surface area contributed by atoms with Gasteiger partial charge < -0.3 is 14.4 Å². The van der Waals surface area contributed by atoms with Gasteiger partial charge in [0.1, 0.15) is 16.8 Å². The van der Waals surface area contributed by atoms with Crippen molar-refractivity contribution < 1.29 is 9.47 Å². The van der Waals surface area contributed by atoms with Crippen molar-refractivity contribution in [3.05, 3.63) is 17.0 Å². The molecule has 1 aliphatic rings. The molecule has 0 saturated heterocycles. The SMILES string of the molecule is COCCCN(CCOC)c1cc(Cl)nc(C2CC2)n1. The predicted molar refractivity (Wildman–Crippen MR) is 79.6 cm³/mol. The van der Waals surface area contributed by atoms with Gasteiger partial charge in [0.15, 0.2) is 0 Å². The summed E-state index contributed by atoms with van der Waals surface area (Å²) in [4.78, 5) is 11.2. The summed E-state index contributed by atoms with van der Waals surface area (Å²) in [5.74, 6) is 2.26. The molecule has 112 valence electrons. The molecule has 0 atom stereocenters. The predicted octanol–water partition coefficient (Wildman–Crippen LogP) is 2.50. The Hall–Kier alpha value is -0.910. The van der Waals surface area contributed by atoms with Crippen LogP contribution in [0.1, 0.15) is 31.0 Å². The second-order valence-corrected chi connectivity index (χ2v) is 5.39. The second kappa shape index (κ2) is 7.76. The van der Waals surface area contributed by atoms with E-state index in [1.54, 1.807) is 14.2 Å². The van der Waals surface area contributed by atoms with Crippen LogP contribution in [0, 0.1) is 0 Å². The lowest BCUT2D eigenvalue weighted by atomic mass is 10.3. The number of aromatic nitrogens is 2. The van der Waals surface area contributed by atoms with Gasteiger partial charge in [-0.1, -0.05) is 11.6 Å². The van der Waals surface area contributed by atoms with Crippen LogP contribution in [-0.4, -0.2) is 50.5 Å². The molecule has 0 aliphatic heterocycles. The number of nitrogens with zero attached hydrogens (tertiary/aromatic N) is 3. The van der Waals surface area contributed by atoms with E-state index in [1.807, 2.05) is 6.07 Å². The van der Waals surface area contributed by atoms with Crippen molar-refractivity contribution >= 4 is 17.4 Å². The summed E-state index contributed by atoms with van der Waals surface area (Å²) >= 11 is 6.13. The number of anilines is 1. The van der Waals surface area contributed by atoms with Crippen molar-refractivity contribution in [1.82, 2.24) is 9.97 Å². The first-order chi connectivity index (χ1) is 9.74. The van der Waals surface area contributed by atoms with Crippen molar-refractivity contribution in [1.29, 1.82) is 0 Å². The van der Waals surface area contributed by atoms with Gasteiger partial charge >= 0.3 is 0 Å². The highest BCUT2D eigenvalue weighted by atomic mass is 35.5. The Labute approximate surface area is 125 Å². The maximum Gasteiger partial charge on any atom is 0.135 e. The van der Waals surface area contributed by atoms with Crippen molar-refractivity contribution in [3.63, 3.8) is 0 Å². The quantitative estimate of drug-likeness (QED) is 0.518. The molecule has 1 aromatic rings. The lowest BCUT2D eigenvalue weighted by molar-refractivity contribution is 0.191. The van der Waals surface area contributed by atoms with Crippen LogP contribution in [0.4, 0.5) is 5.82 Å². The van der Waals surface area contributed by atoms with E-state index in [1.165, 1.54) is 12.8 Å². The Kier molecular flexibility index (Phi) is 6.01. The second-order valence-electron chi connectivity index (χ2n) is 5.01. The third-order valence-corrected chi connectivity index (χ3v) is 3.50. The molecule has 1 aliphatic carbocycles. The zero-order chi connectivity index (χ0) is 14.4. The lowest BCUT2D eigenvalue weighted by Crippen LogP contribution is -2.30. The average Bonchev–Trinajstić information content (AvgIpc) is 3.26. The van der Waals surface area contributed by atoms with E-state index in [-0.39, 0.29) is 0 Å². The fourth-order valence-corrected chi connectivity index (χ4v) is 2.24. The summed E-state index contributed by atoms with van der Waals surface area (Å²) in [5.41, 5.74) is 0. The molecular weight excluding hydrogens is 278 g/mol. The number of halogens is 1. The van der Waals surface area contributed by atoms with Crippen LogP contribution in [0.15, 0.2) is 6.07 Å². The molecule has 1 fully saturated rings. The minimum atomic E-state index is 0.496. The van der Waals surface area contributed by atoms with Gasteiger partial charge in [0.05, 0.1) is 6.61 Å². The first-order valence-electron chi connectivity index (χ1n) is 7.02. The summed E-state index contributed by atoms with van der Waals surface area (Å²) < 4.78 is 10.3. The molecule has 0 aromatic carbocycles. The van der Waals surface area contributed by atoms with Crippen LogP contribution in [0.3, 0.4) is 0 Å². The molecule has 6 heteroatoms. The van der Waals surface area contributed by atoms with Crippen LogP contribution >= 0.6 is 11.6 Å². The molecule has 1 aromatic heterocycles. The molecule has 0 amide bonds. The van der Waals surface area contributed by atoms with Gasteiger partial charge in [0, 0.05) is 45.9 Å². The zero-order valence-electron chi connectivity index (χ0n) is 12.1. The van der Waals surface area contributed by atoms with E-state index in [0.29, 0.717) is 17.7 Å². The van der Waals surface area contributed by atoms with Crippen molar-refractivity contribution in [2.45, 2.75) is 25.2 Å². The van der Waals surface area contributed by atoms with Crippen LogP contribution in [0.5, 0.6) is 0 Å². The number of methoxy groups -OCH3 is 2. The number of hydrogen-bond donors (Lipinski definition) is 0. The smallest absolute Gasteiger partial charge is 0.135 e. The third kappa shape index (κ3) is 4.58. The van der Waals surface area contributed by atoms with Gasteiger partial charge in [-0.25, -0.2) is 9.97 Å². The molecule has 1 saturated carbocycles. The minimum Gasteiger partial charge on any atom is -0.385 e. The molecule has 20 heavy (non-hydrogen) atoms. The van der Waals surface area contributed by atoms with E-state index in [0.717, 1.165) is 37.8 Å². The minimum absolute atomic E-state index is 0.496. The van der Waals surface area contributed by atoms with Gasteiger partial charge in [-0.05, 0) is 19.3 Å². The molecular formula is C14H22ClN3O2. The van der Waals surface area contributed by atoms with Gasteiger partial charge in [-0.3, -0.25) is 0 Å². The number of rotatable bonds is 9. The van der Waals surface area contributed by atoms with Crippen LogP contribution < -0.4 is 4.90 Å². The van der Waals surface area contributed by atoms with E-state index >= 15 is 0 Å². The zero-order valence-corrected chi connectivity index (χ0v) is 12.9. The largest absolute Gasteiger partial charge is 0.385 e. The molecule has 2 rings (SSSR count). The lowest BCUT2D eigenvalue weighted by Gasteiger charge is -2.23. The third-order valence-electron chi connectivity index (χ3n) is 3.31. The highest BCUT2D eigenvalue weighted by Gasteiger charge is 2.27. The highest BCUT2D eigenvalue weighted by Crippen LogP contribution is 2.39. The molecule has 0 radical (unpaired) electrons. The van der Waals surface area contributed by atoms with E-state index < -0.39 is 0 Å². The van der Waals surface area contributed by atoms with Crippen molar-refractivity contribution in [3.8, 4) is 0 Å². The monoisotopic (exact) mass is 299 g/mol. The fourth-order valence-electron chi connectivity index (χ4n) is 2.05. The Morgan fingerprint density at radius 2 is 1.95 bits per heavy atom. The van der Waals surface area contributed by atoms with E-state index in [4.69, 9.17) is 21.1 Å². The summed E-state index contributed by atoms with van der Waals surface area (Å²) in [5, 5.41) is 0.519. The molecule has 0 N–H and O–H groups in total. The summed E-state index contributed by atoms with van der Waals surface area (Å²) in [7, 11) is 3.42. The topological polar surface area (TPSA) is 47.5 Å². The maximum atomic E-state index is 6.13. The van der Waals surface area contributed by atoms with Gasteiger partial charge in [0.25, 0.3) is 0 Å². The average molecular weight is 300 g/mol. The molecule has 0 unspecified atom stereocenters. The Balaban J connectivity index is 2.08. The van der Waals surface area contributed by atoms with Crippen LogP contribution in [0.25, 0.3) is 0 Å². The summed E-state index contributed by atoms with van der Waals surface area (Å²) in [6.45, 7) is 3.05. The first-order valence-corrected chi connectivity index (χ1v) is 7.39. The van der Waals surface area contributed by atoms with Gasteiger partial charge in [-0.2, -0.15) is 0 Å². The first kappa shape index (κ1) is 15.5. The Morgan fingerprint density at radius 1 is 1.20 bits per heavy atom. The summed E-state index contributed by atoms with van der Waals surface area (Å²) in [6.07, 6.45) is 3.28. The van der Waals surface area contributed by atoms with Gasteiger partial charge in [0.2, 0.25) is 0 Å². The standard InChI is InChI=1S/C14H22ClN3O2/c1-19-8-3-6-18(7-9-20-2)13-10-12(15)16-14(17-13)11-4-5-11/h10-11H,3-9H2,1-2H3. The maximum absolute atomic E-state index is 6.13. The van der Waals surface area contributed by atoms with Crippen molar-refractivity contribution in [2.75, 3.05) is 45.4 Å². The fraction of sp³-hybridized carbons (Fsp3) is 0.714. The summed E-state index contributed by atoms with van der Waals surface area (Å²) in [6, 6.07) is 1.83. The Morgan fingerprint density at radius 3 is 2.60 bits per heavy atom. The van der Waals surface area contributed by atoms with E-state index in [9.17, 15) is 0 Å². The van der Waals surface area contributed by atoms with Crippen molar-refractivity contribution in [2.24, 2.45) is 0 Å². The van der Waals surface area contributed by atoms with Crippen LogP contribution in [-0.2, 0) is 9.47 Å². The highest BCUT2D eigenvalue weighted by molar-refractivity contribution is 6.29. The Bertz CT molecular complexity index is 427. The van der Waals surface area contributed by atoms with Gasteiger partial charge in [-0.15, -0.1) is 0 Å². The normalized spacial score (nSPS) is 14.6. The van der Waals surface area contributed by atoms with E-state index in [2.05, 4.69) is 14.9 Å². The molecule has 1 heterocycles. The molecule has 0 spiro atoms.